The number of carboxylic acids is 1. The SMILES string of the molecule is CCC(C)CC(C)Nc1cc(C(=O)O)c(Cl)cn1. The third-order valence-electron chi connectivity index (χ3n) is 2.93. The summed E-state index contributed by atoms with van der Waals surface area (Å²) in [5.74, 6) is 0.131. The normalized spacial score (nSPS) is 14.0. The Morgan fingerprint density at radius 1 is 1.56 bits per heavy atom. The molecule has 2 atom stereocenters. The number of nitrogens with one attached hydrogen (secondary N) is 1. The lowest BCUT2D eigenvalue weighted by Gasteiger charge is -2.18. The predicted molar refractivity (Wildman–Crippen MR) is 73.4 cm³/mol. The Kier molecular flexibility index (Phi) is 5.41. The summed E-state index contributed by atoms with van der Waals surface area (Å²) in [7, 11) is 0. The topological polar surface area (TPSA) is 62.2 Å². The standard InChI is InChI=1S/C13H19ClN2O2/c1-4-8(2)5-9(3)16-12-6-10(13(17)18)11(14)7-15-12/h6-9H,4-5H2,1-3H3,(H,15,16)(H,17,18). The van der Waals surface area contributed by atoms with Gasteiger partial charge in [0.05, 0.1) is 10.6 Å². The van der Waals surface area contributed by atoms with Crippen LogP contribution >= 0.6 is 11.6 Å². The van der Waals surface area contributed by atoms with Gasteiger partial charge in [0.2, 0.25) is 0 Å². The number of carboxylic acid groups (broad SMARTS) is 1. The molecule has 1 aromatic rings. The van der Waals surface area contributed by atoms with Gasteiger partial charge in [0.15, 0.2) is 0 Å². The van der Waals surface area contributed by atoms with Gasteiger partial charge in [0.1, 0.15) is 5.82 Å². The first-order valence-corrected chi connectivity index (χ1v) is 6.47. The molecule has 1 rings (SSSR count). The molecular weight excluding hydrogens is 252 g/mol. The third kappa shape index (κ3) is 4.18. The number of halogens is 1. The average Bonchev–Trinajstić information content (AvgIpc) is 2.31. The molecule has 18 heavy (non-hydrogen) atoms. The highest BCUT2D eigenvalue weighted by atomic mass is 35.5. The fraction of sp³-hybridized carbons (Fsp3) is 0.538. The first-order chi connectivity index (χ1) is 8.43. The van der Waals surface area contributed by atoms with E-state index < -0.39 is 5.97 Å². The number of rotatable bonds is 6. The lowest BCUT2D eigenvalue weighted by atomic mass is 10.0. The zero-order chi connectivity index (χ0) is 13.7. The van der Waals surface area contributed by atoms with E-state index in [-0.39, 0.29) is 16.6 Å². The van der Waals surface area contributed by atoms with Gasteiger partial charge >= 0.3 is 5.97 Å². The van der Waals surface area contributed by atoms with Gasteiger partial charge in [-0.25, -0.2) is 9.78 Å². The molecule has 0 aliphatic carbocycles. The Morgan fingerprint density at radius 3 is 2.78 bits per heavy atom. The van der Waals surface area contributed by atoms with Gasteiger partial charge in [0.25, 0.3) is 0 Å². The minimum absolute atomic E-state index is 0.0740. The first-order valence-electron chi connectivity index (χ1n) is 6.09. The van der Waals surface area contributed by atoms with Crippen LogP contribution in [0.4, 0.5) is 5.82 Å². The molecule has 0 spiro atoms. The van der Waals surface area contributed by atoms with E-state index in [4.69, 9.17) is 16.7 Å². The molecule has 0 saturated heterocycles. The molecule has 1 aromatic heterocycles. The number of aromatic nitrogens is 1. The lowest BCUT2D eigenvalue weighted by Crippen LogP contribution is -2.19. The number of anilines is 1. The van der Waals surface area contributed by atoms with Crippen LogP contribution in [0, 0.1) is 5.92 Å². The zero-order valence-electron chi connectivity index (χ0n) is 10.9. The van der Waals surface area contributed by atoms with E-state index in [9.17, 15) is 4.79 Å². The van der Waals surface area contributed by atoms with Crippen LogP contribution < -0.4 is 5.32 Å². The highest BCUT2D eigenvalue weighted by molar-refractivity contribution is 6.33. The van der Waals surface area contributed by atoms with Gasteiger partial charge in [0, 0.05) is 12.2 Å². The van der Waals surface area contributed by atoms with Crippen molar-refractivity contribution in [2.75, 3.05) is 5.32 Å². The summed E-state index contributed by atoms with van der Waals surface area (Å²) in [6.45, 7) is 6.40. The molecule has 0 saturated carbocycles. The Morgan fingerprint density at radius 2 is 2.22 bits per heavy atom. The molecule has 0 aliphatic heterocycles. The fourth-order valence-electron chi connectivity index (χ4n) is 1.76. The second-order valence-electron chi connectivity index (χ2n) is 4.65. The molecule has 1 heterocycles. The quantitative estimate of drug-likeness (QED) is 0.828. The van der Waals surface area contributed by atoms with Crippen LogP contribution in [0.5, 0.6) is 0 Å². The molecule has 4 nitrogen and oxygen atoms in total. The maximum atomic E-state index is 10.9. The van der Waals surface area contributed by atoms with Crippen molar-refractivity contribution in [3.63, 3.8) is 0 Å². The molecule has 2 unspecified atom stereocenters. The van der Waals surface area contributed by atoms with Gasteiger partial charge in [-0.3, -0.25) is 0 Å². The number of hydrogen-bond acceptors (Lipinski definition) is 3. The van der Waals surface area contributed by atoms with Crippen LogP contribution in [-0.2, 0) is 0 Å². The lowest BCUT2D eigenvalue weighted by molar-refractivity contribution is 0.0697. The summed E-state index contributed by atoms with van der Waals surface area (Å²) < 4.78 is 0. The second kappa shape index (κ2) is 6.59. The van der Waals surface area contributed by atoms with Crippen molar-refractivity contribution in [2.24, 2.45) is 5.92 Å². The molecule has 0 amide bonds. The van der Waals surface area contributed by atoms with E-state index >= 15 is 0 Å². The van der Waals surface area contributed by atoms with Crippen LogP contribution in [0.3, 0.4) is 0 Å². The number of pyridine rings is 1. The van der Waals surface area contributed by atoms with Gasteiger partial charge in [-0.05, 0) is 25.3 Å². The molecule has 0 fully saturated rings. The van der Waals surface area contributed by atoms with Crippen LogP contribution in [0.1, 0.15) is 44.0 Å². The van der Waals surface area contributed by atoms with E-state index in [0.29, 0.717) is 11.7 Å². The van der Waals surface area contributed by atoms with Gasteiger partial charge in [-0.1, -0.05) is 31.9 Å². The minimum Gasteiger partial charge on any atom is -0.478 e. The van der Waals surface area contributed by atoms with Gasteiger partial charge in [-0.15, -0.1) is 0 Å². The number of aromatic carboxylic acids is 1. The summed E-state index contributed by atoms with van der Waals surface area (Å²) in [6, 6.07) is 1.72. The summed E-state index contributed by atoms with van der Waals surface area (Å²) in [4.78, 5) is 15.0. The smallest absolute Gasteiger partial charge is 0.337 e. The molecular formula is C13H19ClN2O2. The minimum atomic E-state index is -1.04. The molecule has 0 aliphatic rings. The van der Waals surface area contributed by atoms with Gasteiger partial charge < -0.3 is 10.4 Å². The Bertz CT molecular complexity index is 423. The summed E-state index contributed by atoms with van der Waals surface area (Å²) in [5, 5.41) is 12.3. The molecule has 100 valence electrons. The average molecular weight is 271 g/mol. The van der Waals surface area contributed by atoms with Crippen molar-refractivity contribution in [1.29, 1.82) is 0 Å². The monoisotopic (exact) mass is 270 g/mol. The predicted octanol–water partition coefficient (Wildman–Crippen LogP) is 3.67. The van der Waals surface area contributed by atoms with Crippen LogP contribution in [0.25, 0.3) is 0 Å². The van der Waals surface area contributed by atoms with Crippen molar-refractivity contribution in [2.45, 2.75) is 39.7 Å². The van der Waals surface area contributed by atoms with Crippen molar-refractivity contribution >= 4 is 23.4 Å². The third-order valence-corrected chi connectivity index (χ3v) is 3.23. The van der Waals surface area contributed by atoms with Crippen molar-refractivity contribution in [3.8, 4) is 0 Å². The Labute approximate surface area is 112 Å². The van der Waals surface area contributed by atoms with Crippen LogP contribution in [-0.4, -0.2) is 22.1 Å². The van der Waals surface area contributed by atoms with Crippen molar-refractivity contribution in [3.05, 3.63) is 22.8 Å². The van der Waals surface area contributed by atoms with E-state index in [2.05, 4.69) is 31.1 Å². The maximum absolute atomic E-state index is 10.9. The van der Waals surface area contributed by atoms with E-state index in [1.165, 1.54) is 12.3 Å². The van der Waals surface area contributed by atoms with Crippen molar-refractivity contribution < 1.29 is 9.90 Å². The van der Waals surface area contributed by atoms with Crippen molar-refractivity contribution in [1.82, 2.24) is 4.98 Å². The molecule has 2 N–H and O–H groups in total. The molecule has 5 heteroatoms. The maximum Gasteiger partial charge on any atom is 0.337 e. The first kappa shape index (κ1) is 14.8. The summed E-state index contributed by atoms with van der Waals surface area (Å²) in [6.07, 6.45) is 3.51. The molecule has 0 radical (unpaired) electrons. The highest BCUT2D eigenvalue weighted by Gasteiger charge is 2.12. The number of nitrogens with zero attached hydrogens (tertiary/aromatic N) is 1. The Balaban J connectivity index is 2.73. The number of hydrogen-bond donors (Lipinski definition) is 2. The molecule has 0 bridgehead atoms. The summed E-state index contributed by atoms with van der Waals surface area (Å²) >= 11 is 5.76. The fourth-order valence-corrected chi connectivity index (χ4v) is 1.95. The van der Waals surface area contributed by atoms with Crippen LogP contribution in [0.2, 0.25) is 5.02 Å². The van der Waals surface area contributed by atoms with E-state index in [0.717, 1.165) is 12.8 Å². The largest absolute Gasteiger partial charge is 0.478 e. The Hall–Kier alpha value is -1.29. The van der Waals surface area contributed by atoms with Crippen LogP contribution in [0.15, 0.2) is 12.3 Å². The van der Waals surface area contributed by atoms with E-state index in [1.54, 1.807) is 0 Å². The zero-order valence-corrected chi connectivity index (χ0v) is 11.7. The highest BCUT2D eigenvalue weighted by Crippen LogP contribution is 2.19. The molecule has 0 aromatic carbocycles. The number of carbonyl (C=O) groups is 1. The van der Waals surface area contributed by atoms with Gasteiger partial charge in [-0.2, -0.15) is 0 Å². The summed E-state index contributed by atoms with van der Waals surface area (Å²) in [5.41, 5.74) is 0.0740. The van der Waals surface area contributed by atoms with E-state index in [1.807, 2.05) is 0 Å². The second-order valence-corrected chi connectivity index (χ2v) is 5.06.